The van der Waals surface area contributed by atoms with Crippen LogP contribution in [0.2, 0.25) is 0 Å². The topological polar surface area (TPSA) is 21.3 Å². The fourth-order valence-electron chi connectivity index (χ4n) is 3.27. The van der Waals surface area contributed by atoms with Crippen LogP contribution < -0.4 is 5.32 Å². The molecule has 0 aromatic rings. The van der Waals surface area contributed by atoms with E-state index in [9.17, 15) is 0 Å². The maximum atomic E-state index is 6.51. The summed E-state index contributed by atoms with van der Waals surface area (Å²) in [6.07, 6.45) is 4.90. The van der Waals surface area contributed by atoms with Gasteiger partial charge < -0.3 is 10.1 Å². The summed E-state index contributed by atoms with van der Waals surface area (Å²) >= 11 is 0. The lowest BCUT2D eigenvalue weighted by molar-refractivity contribution is -0.194. The zero-order chi connectivity index (χ0) is 11.8. The largest absolute Gasteiger partial charge is 0.366 e. The summed E-state index contributed by atoms with van der Waals surface area (Å²) in [4.78, 5) is 0. The van der Waals surface area contributed by atoms with Gasteiger partial charge in [-0.3, -0.25) is 0 Å². The van der Waals surface area contributed by atoms with E-state index in [0.29, 0.717) is 0 Å². The quantitative estimate of drug-likeness (QED) is 0.741. The van der Waals surface area contributed by atoms with Crippen molar-refractivity contribution < 1.29 is 4.74 Å². The van der Waals surface area contributed by atoms with Gasteiger partial charge in [-0.25, -0.2) is 0 Å². The van der Waals surface area contributed by atoms with E-state index in [2.05, 4.69) is 33.0 Å². The molecule has 2 rings (SSSR count). The van der Waals surface area contributed by atoms with Crippen LogP contribution in [0.1, 0.15) is 53.4 Å². The van der Waals surface area contributed by atoms with Crippen LogP contribution >= 0.6 is 0 Å². The summed E-state index contributed by atoms with van der Waals surface area (Å²) in [5.41, 5.74) is 0.188. The number of hydrogen-bond acceptors (Lipinski definition) is 2. The first-order chi connectivity index (χ1) is 7.49. The van der Waals surface area contributed by atoms with Crippen LogP contribution in [0, 0.1) is 11.8 Å². The number of nitrogens with one attached hydrogen (secondary N) is 1. The number of rotatable bonds is 1. The Labute approximate surface area is 100 Å². The van der Waals surface area contributed by atoms with Gasteiger partial charge in [0.25, 0.3) is 0 Å². The molecule has 4 atom stereocenters. The van der Waals surface area contributed by atoms with Crippen LogP contribution in [0.4, 0.5) is 0 Å². The fraction of sp³-hybridized carbons (Fsp3) is 1.00. The van der Waals surface area contributed by atoms with Crippen molar-refractivity contribution in [2.24, 2.45) is 11.8 Å². The predicted molar refractivity (Wildman–Crippen MR) is 67.6 cm³/mol. The van der Waals surface area contributed by atoms with Gasteiger partial charge in [-0.2, -0.15) is 0 Å². The van der Waals surface area contributed by atoms with E-state index in [-0.39, 0.29) is 11.2 Å². The second-order valence-corrected chi connectivity index (χ2v) is 6.39. The van der Waals surface area contributed by atoms with Crippen molar-refractivity contribution in [3.63, 3.8) is 0 Å². The van der Waals surface area contributed by atoms with Gasteiger partial charge in [0, 0.05) is 13.1 Å². The summed E-state index contributed by atoms with van der Waals surface area (Å²) < 4.78 is 6.51. The van der Waals surface area contributed by atoms with E-state index in [4.69, 9.17) is 4.74 Å². The molecule has 16 heavy (non-hydrogen) atoms. The Morgan fingerprint density at radius 1 is 1.25 bits per heavy atom. The van der Waals surface area contributed by atoms with Crippen molar-refractivity contribution in [3.05, 3.63) is 0 Å². The first-order valence-corrected chi connectivity index (χ1v) is 6.89. The van der Waals surface area contributed by atoms with E-state index in [1.165, 1.54) is 19.3 Å². The maximum Gasteiger partial charge on any atom is 0.0817 e. The Hall–Kier alpha value is -0.0800. The molecule has 1 saturated heterocycles. The Morgan fingerprint density at radius 2 is 2.00 bits per heavy atom. The zero-order valence-electron chi connectivity index (χ0n) is 11.3. The van der Waals surface area contributed by atoms with Gasteiger partial charge in [-0.05, 0) is 44.4 Å². The molecule has 0 aromatic carbocycles. The van der Waals surface area contributed by atoms with Gasteiger partial charge in [-0.1, -0.05) is 20.8 Å². The summed E-state index contributed by atoms with van der Waals surface area (Å²) in [5, 5.41) is 3.60. The minimum atomic E-state index is 0.0541. The molecule has 1 heterocycles. The standard InChI is InChI=1S/C14H27NO/c1-5-13(4)9-15-10-14(16-13)7-6-11(2)12(3)8-14/h11-12,15H,5-10H2,1-4H3. The van der Waals surface area contributed by atoms with Crippen molar-refractivity contribution in [1.82, 2.24) is 5.32 Å². The minimum Gasteiger partial charge on any atom is -0.366 e. The summed E-state index contributed by atoms with van der Waals surface area (Å²) in [6.45, 7) is 11.3. The van der Waals surface area contributed by atoms with Crippen LogP contribution in [0.5, 0.6) is 0 Å². The van der Waals surface area contributed by atoms with Crippen LogP contribution in [0.25, 0.3) is 0 Å². The van der Waals surface area contributed by atoms with Gasteiger partial charge in [0.1, 0.15) is 0 Å². The molecule has 4 unspecified atom stereocenters. The Morgan fingerprint density at radius 3 is 2.62 bits per heavy atom. The van der Waals surface area contributed by atoms with Crippen molar-refractivity contribution in [3.8, 4) is 0 Å². The lowest BCUT2D eigenvalue weighted by atomic mass is 9.72. The molecular formula is C14H27NO. The van der Waals surface area contributed by atoms with Crippen LogP contribution in [0.3, 0.4) is 0 Å². The van der Waals surface area contributed by atoms with E-state index in [1.54, 1.807) is 0 Å². The first-order valence-electron chi connectivity index (χ1n) is 6.89. The molecule has 1 N–H and O–H groups in total. The molecule has 1 spiro atoms. The molecule has 2 nitrogen and oxygen atoms in total. The predicted octanol–water partition coefficient (Wildman–Crippen LogP) is 2.97. The average Bonchev–Trinajstić information content (AvgIpc) is 2.24. The molecule has 2 aliphatic rings. The lowest BCUT2D eigenvalue weighted by Gasteiger charge is -2.51. The normalized spacial score (nSPS) is 49.5. The SMILES string of the molecule is CCC1(C)CNCC2(CCC(C)C(C)C2)O1. The molecule has 1 aliphatic heterocycles. The highest BCUT2D eigenvalue weighted by atomic mass is 16.5. The molecule has 1 saturated carbocycles. The van der Waals surface area contributed by atoms with E-state index in [0.717, 1.165) is 31.3 Å². The number of hydrogen-bond donors (Lipinski definition) is 1. The molecule has 0 radical (unpaired) electrons. The lowest BCUT2D eigenvalue weighted by Crippen LogP contribution is -2.60. The Kier molecular flexibility index (Phi) is 3.33. The fourth-order valence-corrected chi connectivity index (χ4v) is 3.27. The first kappa shape index (κ1) is 12.4. The molecule has 94 valence electrons. The number of morpholine rings is 1. The monoisotopic (exact) mass is 225 g/mol. The highest BCUT2D eigenvalue weighted by Crippen LogP contribution is 2.42. The molecule has 2 fully saturated rings. The van der Waals surface area contributed by atoms with Gasteiger partial charge in [0.2, 0.25) is 0 Å². The van der Waals surface area contributed by atoms with Gasteiger partial charge in [0.15, 0.2) is 0 Å². The molecular weight excluding hydrogens is 198 g/mol. The average molecular weight is 225 g/mol. The maximum absolute atomic E-state index is 6.51. The minimum absolute atomic E-state index is 0.0541. The van der Waals surface area contributed by atoms with Crippen molar-refractivity contribution in [2.45, 2.75) is 64.6 Å². The highest BCUT2D eigenvalue weighted by Gasteiger charge is 2.45. The molecule has 0 amide bonds. The molecule has 2 heteroatoms. The second kappa shape index (κ2) is 4.30. The van der Waals surface area contributed by atoms with Crippen molar-refractivity contribution in [1.29, 1.82) is 0 Å². The van der Waals surface area contributed by atoms with Crippen LogP contribution in [-0.2, 0) is 4.74 Å². The molecule has 0 aromatic heterocycles. The zero-order valence-corrected chi connectivity index (χ0v) is 11.3. The molecule has 1 aliphatic carbocycles. The summed E-state index contributed by atoms with van der Waals surface area (Å²) in [6, 6.07) is 0. The Balaban J connectivity index is 2.07. The van der Waals surface area contributed by atoms with Crippen LogP contribution in [0.15, 0.2) is 0 Å². The third-order valence-corrected chi connectivity index (χ3v) is 4.88. The van der Waals surface area contributed by atoms with Gasteiger partial charge in [0.05, 0.1) is 11.2 Å². The van der Waals surface area contributed by atoms with Crippen LogP contribution in [-0.4, -0.2) is 24.3 Å². The van der Waals surface area contributed by atoms with E-state index in [1.807, 2.05) is 0 Å². The molecule has 0 bridgehead atoms. The second-order valence-electron chi connectivity index (χ2n) is 6.39. The van der Waals surface area contributed by atoms with Crippen molar-refractivity contribution in [2.75, 3.05) is 13.1 Å². The Bertz CT molecular complexity index is 255. The summed E-state index contributed by atoms with van der Waals surface area (Å²) in [7, 11) is 0. The van der Waals surface area contributed by atoms with Gasteiger partial charge >= 0.3 is 0 Å². The van der Waals surface area contributed by atoms with Crippen molar-refractivity contribution >= 4 is 0 Å². The third kappa shape index (κ3) is 2.28. The van der Waals surface area contributed by atoms with E-state index >= 15 is 0 Å². The number of ether oxygens (including phenoxy) is 1. The summed E-state index contributed by atoms with van der Waals surface area (Å²) in [5.74, 6) is 1.67. The highest BCUT2D eigenvalue weighted by molar-refractivity contribution is 4.98. The van der Waals surface area contributed by atoms with Gasteiger partial charge in [-0.15, -0.1) is 0 Å². The third-order valence-electron chi connectivity index (χ3n) is 4.88. The van der Waals surface area contributed by atoms with E-state index < -0.39 is 0 Å². The smallest absolute Gasteiger partial charge is 0.0817 e.